The first kappa shape index (κ1) is 18.8. The lowest BCUT2D eigenvalue weighted by atomic mass is 9.90. The molecule has 1 aliphatic heterocycles. The number of piperidine rings is 1. The van der Waals surface area contributed by atoms with Gasteiger partial charge in [-0.1, -0.05) is 49.0 Å². The molecule has 148 valence electrons. The molecule has 0 spiro atoms. The highest BCUT2D eigenvalue weighted by Gasteiger charge is 2.24. The molecule has 2 N–H and O–H groups in total. The zero-order valence-electron chi connectivity index (χ0n) is 16.0. The summed E-state index contributed by atoms with van der Waals surface area (Å²) in [5.41, 5.74) is 2.00. The fourth-order valence-electron chi connectivity index (χ4n) is 3.91. The second-order valence-corrected chi connectivity index (χ2v) is 7.27. The molecule has 6 nitrogen and oxygen atoms in total. The van der Waals surface area contributed by atoms with Gasteiger partial charge in [0, 0.05) is 19.0 Å². The van der Waals surface area contributed by atoms with Crippen molar-refractivity contribution in [2.24, 2.45) is 0 Å². The first-order chi connectivity index (χ1) is 14.0. The Kier molecular flexibility index (Phi) is 5.08. The normalized spacial score (nSPS) is 16.6. The van der Waals surface area contributed by atoms with E-state index in [1.807, 2.05) is 30.3 Å². The standard InChI is InChI=1S/C23H23N3O3/c1-16(27)22-23(29)21(28)15-26(24-22)20-12-6-5-11-19(20)25-13-7-10-18(14-25)17-8-3-2-4-9-17/h2-6,8-9,11-12,15,18,27-28H,1,7,10,13-14H2. The lowest BCUT2D eigenvalue weighted by molar-refractivity contribution is 0.455. The molecule has 1 aromatic heterocycles. The number of nitrogens with zero attached hydrogens (tertiary/aromatic N) is 3. The Morgan fingerprint density at radius 2 is 1.76 bits per heavy atom. The maximum atomic E-state index is 12.0. The minimum atomic E-state index is -0.742. The zero-order valence-corrected chi connectivity index (χ0v) is 16.0. The van der Waals surface area contributed by atoms with Crippen LogP contribution in [0.25, 0.3) is 11.4 Å². The van der Waals surface area contributed by atoms with Crippen molar-refractivity contribution in [3.63, 3.8) is 0 Å². The van der Waals surface area contributed by atoms with Crippen LogP contribution in [0, 0.1) is 0 Å². The zero-order chi connectivity index (χ0) is 20.4. The molecule has 3 aromatic rings. The van der Waals surface area contributed by atoms with E-state index in [9.17, 15) is 15.0 Å². The Bertz CT molecular complexity index is 1090. The Labute approximate surface area is 169 Å². The molecule has 0 radical (unpaired) electrons. The topological polar surface area (TPSA) is 78.6 Å². The summed E-state index contributed by atoms with van der Waals surface area (Å²) in [7, 11) is 0. The van der Waals surface area contributed by atoms with Gasteiger partial charge in [-0.3, -0.25) is 4.79 Å². The van der Waals surface area contributed by atoms with Gasteiger partial charge in [-0.05, 0) is 30.5 Å². The predicted octanol–water partition coefficient (Wildman–Crippen LogP) is 3.85. The van der Waals surface area contributed by atoms with Crippen LogP contribution in [0.3, 0.4) is 0 Å². The van der Waals surface area contributed by atoms with Crippen molar-refractivity contribution in [3.8, 4) is 11.4 Å². The number of anilines is 1. The van der Waals surface area contributed by atoms with E-state index >= 15 is 0 Å². The van der Waals surface area contributed by atoms with E-state index in [1.165, 1.54) is 16.4 Å². The fraction of sp³-hybridized carbons (Fsp3) is 0.217. The fourth-order valence-corrected chi connectivity index (χ4v) is 3.91. The average Bonchev–Trinajstić information content (AvgIpc) is 2.76. The van der Waals surface area contributed by atoms with Gasteiger partial charge in [0.15, 0.2) is 11.4 Å². The molecule has 1 fully saturated rings. The summed E-state index contributed by atoms with van der Waals surface area (Å²) in [6.07, 6.45) is 3.47. The van der Waals surface area contributed by atoms with Crippen LogP contribution in [-0.2, 0) is 0 Å². The lowest BCUT2D eigenvalue weighted by Crippen LogP contribution is -2.35. The smallest absolute Gasteiger partial charge is 0.252 e. The Morgan fingerprint density at radius 1 is 1.07 bits per heavy atom. The molecule has 1 saturated heterocycles. The first-order valence-corrected chi connectivity index (χ1v) is 9.65. The molecule has 2 heterocycles. The largest absolute Gasteiger partial charge is 0.506 e. The Balaban J connectivity index is 1.73. The number of para-hydroxylation sites is 2. The highest BCUT2D eigenvalue weighted by molar-refractivity contribution is 5.64. The molecule has 1 atom stereocenters. The number of aromatic hydroxyl groups is 1. The van der Waals surface area contributed by atoms with E-state index in [0.717, 1.165) is 37.3 Å². The quantitative estimate of drug-likeness (QED) is 0.663. The molecule has 4 rings (SSSR count). The van der Waals surface area contributed by atoms with Gasteiger partial charge < -0.3 is 15.1 Å². The third-order valence-electron chi connectivity index (χ3n) is 5.33. The monoisotopic (exact) mass is 389 g/mol. The molecule has 1 unspecified atom stereocenters. The van der Waals surface area contributed by atoms with Gasteiger partial charge in [0.2, 0.25) is 0 Å². The van der Waals surface area contributed by atoms with Crippen molar-refractivity contribution in [1.29, 1.82) is 0 Å². The molecule has 0 aliphatic carbocycles. The number of hydrogen-bond acceptors (Lipinski definition) is 5. The predicted molar refractivity (Wildman–Crippen MR) is 114 cm³/mol. The van der Waals surface area contributed by atoms with Gasteiger partial charge in [0.05, 0.1) is 17.6 Å². The first-order valence-electron chi connectivity index (χ1n) is 9.65. The van der Waals surface area contributed by atoms with E-state index in [-0.39, 0.29) is 5.69 Å². The van der Waals surface area contributed by atoms with E-state index in [4.69, 9.17) is 0 Å². The van der Waals surface area contributed by atoms with E-state index in [2.05, 4.69) is 40.8 Å². The molecule has 2 aromatic carbocycles. The minimum Gasteiger partial charge on any atom is -0.506 e. The minimum absolute atomic E-state index is 0.263. The number of aliphatic hydroxyl groups excluding tert-OH is 1. The van der Waals surface area contributed by atoms with Crippen LogP contribution >= 0.6 is 0 Å². The highest BCUT2D eigenvalue weighted by Crippen LogP contribution is 2.33. The van der Waals surface area contributed by atoms with Gasteiger partial charge in [-0.25, -0.2) is 4.68 Å². The number of rotatable bonds is 4. The van der Waals surface area contributed by atoms with Crippen LogP contribution in [0.4, 0.5) is 5.69 Å². The molecular weight excluding hydrogens is 366 g/mol. The molecule has 29 heavy (non-hydrogen) atoms. The van der Waals surface area contributed by atoms with Crippen LogP contribution < -0.4 is 10.3 Å². The summed E-state index contributed by atoms with van der Waals surface area (Å²) < 4.78 is 1.43. The van der Waals surface area contributed by atoms with Crippen molar-refractivity contribution >= 4 is 11.4 Å². The highest BCUT2D eigenvalue weighted by atomic mass is 16.3. The molecular formula is C23H23N3O3. The summed E-state index contributed by atoms with van der Waals surface area (Å²) >= 11 is 0. The van der Waals surface area contributed by atoms with Gasteiger partial charge in [-0.2, -0.15) is 5.10 Å². The maximum absolute atomic E-state index is 12.0. The van der Waals surface area contributed by atoms with Crippen molar-refractivity contribution in [1.82, 2.24) is 9.78 Å². The number of benzene rings is 2. The SMILES string of the molecule is C=C(O)c1nn(-c2ccccc2N2CCCC(c3ccccc3)C2)cc(O)c1=O. The van der Waals surface area contributed by atoms with Crippen LogP contribution in [0.15, 0.2) is 72.2 Å². The van der Waals surface area contributed by atoms with Crippen LogP contribution in [0.2, 0.25) is 0 Å². The van der Waals surface area contributed by atoms with Gasteiger partial charge in [-0.15, -0.1) is 0 Å². The molecule has 1 aliphatic rings. The van der Waals surface area contributed by atoms with Crippen molar-refractivity contribution in [2.75, 3.05) is 18.0 Å². The van der Waals surface area contributed by atoms with E-state index in [1.54, 1.807) is 0 Å². The molecule has 0 saturated carbocycles. The Morgan fingerprint density at radius 3 is 2.48 bits per heavy atom. The summed E-state index contributed by atoms with van der Waals surface area (Å²) in [6.45, 7) is 5.15. The number of aliphatic hydroxyl groups is 1. The third-order valence-corrected chi connectivity index (χ3v) is 5.33. The van der Waals surface area contributed by atoms with Gasteiger partial charge >= 0.3 is 0 Å². The molecule has 6 heteroatoms. The van der Waals surface area contributed by atoms with Gasteiger partial charge in [0.1, 0.15) is 5.76 Å². The van der Waals surface area contributed by atoms with Crippen LogP contribution in [0.5, 0.6) is 5.75 Å². The second-order valence-electron chi connectivity index (χ2n) is 7.27. The average molecular weight is 389 g/mol. The second kappa shape index (κ2) is 7.83. The molecule has 0 bridgehead atoms. The summed E-state index contributed by atoms with van der Waals surface area (Å²) in [5.74, 6) is -0.527. The third kappa shape index (κ3) is 3.74. The Hall–Kier alpha value is -3.54. The van der Waals surface area contributed by atoms with Gasteiger partial charge in [0.25, 0.3) is 5.43 Å². The van der Waals surface area contributed by atoms with E-state index in [0.29, 0.717) is 5.92 Å². The maximum Gasteiger partial charge on any atom is 0.252 e. The van der Waals surface area contributed by atoms with Crippen molar-refractivity contribution in [3.05, 3.63) is 88.9 Å². The van der Waals surface area contributed by atoms with Crippen molar-refractivity contribution < 1.29 is 10.2 Å². The summed E-state index contributed by atoms with van der Waals surface area (Å²) in [4.78, 5) is 14.3. The van der Waals surface area contributed by atoms with E-state index < -0.39 is 16.9 Å². The lowest BCUT2D eigenvalue weighted by Gasteiger charge is -2.35. The summed E-state index contributed by atoms with van der Waals surface area (Å²) in [5, 5.41) is 23.9. The summed E-state index contributed by atoms with van der Waals surface area (Å²) in [6, 6.07) is 18.2. The van der Waals surface area contributed by atoms with Crippen LogP contribution in [0.1, 0.15) is 30.0 Å². The number of aromatic nitrogens is 2. The molecule has 0 amide bonds. The van der Waals surface area contributed by atoms with Crippen molar-refractivity contribution in [2.45, 2.75) is 18.8 Å². The number of hydrogen-bond donors (Lipinski definition) is 2. The van der Waals surface area contributed by atoms with Crippen LogP contribution in [-0.4, -0.2) is 33.1 Å².